The van der Waals surface area contributed by atoms with E-state index in [0.29, 0.717) is 0 Å². The Morgan fingerprint density at radius 3 is 3.00 bits per heavy atom. The highest BCUT2D eigenvalue weighted by molar-refractivity contribution is 9.10. The first-order valence-corrected chi connectivity index (χ1v) is 5.27. The Morgan fingerprint density at radius 1 is 1.54 bits per heavy atom. The third kappa shape index (κ3) is 2.05. The van der Waals surface area contributed by atoms with E-state index in [2.05, 4.69) is 21.4 Å². The molecule has 1 N–H and O–H groups in total. The van der Waals surface area contributed by atoms with E-state index in [0.717, 1.165) is 22.5 Å². The summed E-state index contributed by atoms with van der Waals surface area (Å²) in [6.07, 6.45) is 0.998. The van der Waals surface area contributed by atoms with Gasteiger partial charge in [0, 0.05) is 4.47 Å². The lowest BCUT2D eigenvalue weighted by molar-refractivity contribution is 0.0883. The molecule has 4 heteroatoms. The number of hydroxylamine groups is 1. The highest BCUT2D eigenvalue weighted by Crippen LogP contribution is 2.28. The van der Waals surface area contributed by atoms with Crippen molar-refractivity contribution < 1.29 is 4.84 Å². The molecule has 1 aliphatic heterocycles. The van der Waals surface area contributed by atoms with Crippen molar-refractivity contribution in [2.45, 2.75) is 12.5 Å². The molecular formula is C9H9BrClNO. The molecule has 1 atom stereocenters. The van der Waals surface area contributed by atoms with Crippen LogP contribution in [0, 0.1) is 0 Å². The maximum Gasteiger partial charge on any atom is 0.0701 e. The first kappa shape index (κ1) is 9.46. The fourth-order valence-electron chi connectivity index (χ4n) is 1.36. The van der Waals surface area contributed by atoms with Crippen molar-refractivity contribution in [2.24, 2.45) is 0 Å². The third-order valence-corrected chi connectivity index (χ3v) is 3.31. The average molecular weight is 263 g/mol. The molecule has 0 aromatic heterocycles. The van der Waals surface area contributed by atoms with E-state index in [9.17, 15) is 0 Å². The van der Waals surface area contributed by atoms with E-state index >= 15 is 0 Å². The van der Waals surface area contributed by atoms with Gasteiger partial charge in [0.05, 0.1) is 17.7 Å². The number of hydrogen-bond acceptors (Lipinski definition) is 2. The van der Waals surface area contributed by atoms with Gasteiger partial charge in [-0.15, -0.1) is 0 Å². The van der Waals surface area contributed by atoms with Crippen LogP contribution in [0.25, 0.3) is 0 Å². The maximum absolute atomic E-state index is 5.98. The molecule has 0 aliphatic carbocycles. The standard InChI is InChI=1S/C9H9BrClNO/c10-7-2-1-6(5-8(7)11)9-3-4-13-12-9/h1-2,5,9,12H,3-4H2. The van der Waals surface area contributed by atoms with Crippen LogP contribution in [0.15, 0.2) is 22.7 Å². The molecule has 1 unspecified atom stereocenters. The summed E-state index contributed by atoms with van der Waals surface area (Å²) in [6.45, 7) is 0.762. The number of halogens is 2. The minimum absolute atomic E-state index is 0.283. The molecule has 1 aromatic rings. The van der Waals surface area contributed by atoms with Crippen molar-refractivity contribution in [1.82, 2.24) is 5.48 Å². The molecule has 70 valence electrons. The van der Waals surface area contributed by atoms with Crippen molar-refractivity contribution in [2.75, 3.05) is 6.61 Å². The van der Waals surface area contributed by atoms with Gasteiger partial charge in [-0.3, -0.25) is 0 Å². The molecule has 0 radical (unpaired) electrons. The molecule has 1 saturated heterocycles. The summed E-state index contributed by atoms with van der Waals surface area (Å²) in [5.41, 5.74) is 4.12. The lowest BCUT2D eigenvalue weighted by Gasteiger charge is -2.09. The fraction of sp³-hybridized carbons (Fsp3) is 0.333. The van der Waals surface area contributed by atoms with Crippen molar-refractivity contribution in [3.63, 3.8) is 0 Å². The summed E-state index contributed by atoms with van der Waals surface area (Å²) in [7, 11) is 0. The van der Waals surface area contributed by atoms with E-state index < -0.39 is 0 Å². The molecule has 1 heterocycles. The lowest BCUT2D eigenvalue weighted by atomic mass is 10.1. The minimum Gasteiger partial charge on any atom is -0.301 e. The van der Waals surface area contributed by atoms with Gasteiger partial charge in [-0.1, -0.05) is 17.7 Å². The van der Waals surface area contributed by atoms with Crippen LogP contribution >= 0.6 is 27.5 Å². The lowest BCUT2D eigenvalue weighted by Crippen LogP contribution is -2.11. The largest absolute Gasteiger partial charge is 0.301 e. The molecule has 2 rings (SSSR count). The number of nitrogens with one attached hydrogen (secondary N) is 1. The summed E-state index contributed by atoms with van der Waals surface area (Å²) in [4.78, 5) is 5.08. The second-order valence-corrected chi connectivity index (χ2v) is 4.24. The Hall–Kier alpha value is -0.0900. The SMILES string of the molecule is Clc1cc(C2CCON2)ccc1Br. The van der Waals surface area contributed by atoms with Gasteiger partial charge in [-0.05, 0) is 40.0 Å². The normalized spacial score (nSPS) is 22.2. The Labute approximate surface area is 90.3 Å². The van der Waals surface area contributed by atoms with Crippen LogP contribution in [0.3, 0.4) is 0 Å². The molecule has 1 fully saturated rings. The van der Waals surface area contributed by atoms with Crippen LogP contribution in [0.5, 0.6) is 0 Å². The van der Waals surface area contributed by atoms with Crippen LogP contribution in [0.2, 0.25) is 5.02 Å². The van der Waals surface area contributed by atoms with Crippen LogP contribution in [0.1, 0.15) is 18.0 Å². The molecule has 1 aliphatic rings. The molecule has 0 bridgehead atoms. The Balaban J connectivity index is 2.25. The zero-order valence-electron chi connectivity index (χ0n) is 6.89. The molecule has 2 nitrogen and oxygen atoms in total. The summed E-state index contributed by atoms with van der Waals surface area (Å²) in [5, 5.41) is 0.742. The maximum atomic E-state index is 5.98. The molecule has 0 spiro atoms. The van der Waals surface area contributed by atoms with Crippen LogP contribution in [0.4, 0.5) is 0 Å². The van der Waals surface area contributed by atoms with E-state index in [-0.39, 0.29) is 6.04 Å². The summed E-state index contributed by atoms with van der Waals surface area (Å²) >= 11 is 9.33. The zero-order valence-corrected chi connectivity index (χ0v) is 9.23. The topological polar surface area (TPSA) is 21.3 Å². The van der Waals surface area contributed by atoms with Gasteiger partial charge in [-0.2, -0.15) is 5.48 Å². The van der Waals surface area contributed by atoms with Crippen LogP contribution < -0.4 is 5.48 Å². The number of rotatable bonds is 1. The third-order valence-electron chi connectivity index (χ3n) is 2.08. The summed E-state index contributed by atoms with van der Waals surface area (Å²) < 4.78 is 0.928. The quantitative estimate of drug-likeness (QED) is 0.840. The monoisotopic (exact) mass is 261 g/mol. The average Bonchev–Trinajstić information content (AvgIpc) is 2.62. The van der Waals surface area contributed by atoms with Gasteiger partial charge < -0.3 is 4.84 Å². The first-order valence-electron chi connectivity index (χ1n) is 4.09. The predicted molar refractivity (Wildman–Crippen MR) is 55.6 cm³/mol. The van der Waals surface area contributed by atoms with Crippen molar-refractivity contribution in [3.05, 3.63) is 33.3 Å². The minimum atomic E-state index is 0.283. The molecule has 0 amide bonds. The summed E-state index contributed by atoms with van der Waals surface area (Å²) in [5.74, 6) is 0. The fourth-order valence-corrected chi connectivity index (χ4v) is 1.79. The molecule has 1 aromatic carbocycles. The van der Waals surface area contributed by atoms with Gasteiger partial charge in [-0.25, -0.2) is 0 Å². The second kappa shape index (κ2) is 3.96. The van der Waals surface area contributed by atoms with Crippen molar-refractivity contribution >= 4 is 27.5 Å². The van der Waals surface area contributed by atoms with Crippen molar-refractivity contribution in [3.8, 4) is 0 Å². The van der Waals surface area contributed by atoms with Gasteiger partial charge >= 0.3 is 0 Å². The van der Waals surface area contributed by atoms with E-state index in [4.69, 9.17) is 16.4 Å². The highest BCUT2D eigenvalue weighted by atomic mass is 79.9. The second-order valence-electron chi connectivity index (χ2n) is 2.98. The highest BCUT2D eigenvalue weighted by Gasteiger charge is 2.17. The Bertz CT molecular complexity index is 312. The molecular weight excluding hydrogens is 253 g/mol. The Morgan fingerprint density at radius 2 is 2.38 bits per heavy atom. The van der Waals surface area contributed by atoms with Gasteiger partial charge in [0.1, 0.15) is 0 Å². The zero-order chi connectivity index (χ0) is 9.26. The van der Waals surface area contributed by atoms with Gasteiger partial charge in [0.15, 0.2) is 0 Å². The molecule has 0 saturated carbocycles. The smallest absolute Gasteiger partial charge is 0.0701 e. The first-order chi connectivity index (χ1) is 6.27. The van der Waals surface area contributed by atoms with Crippen LogP contribution in [-0.4, -0.2) is 6.61 Å². The number of hydrogen-bond donors (Lipinski definition) is 1. The van der Waals surface area contributed by atoms with Crippen molar-refractivity contribution in [1.29, 1.82) is 0 Å². The Kier molecular flexibility index (Phi) is 2.89. The predicted octanol–water partition coefficient (Wildman–Crippen LogP) is 3.07. The van der Waals surface area contributed by atoms with E-state index in [1.54, 1.807) is 0 Å². The van der Waals surface area contributed by atoms with E-state index in [1.807, 2.05) is 18.2 Å². The van der Waals surface area contributed by atoms with Crippen LogP contribution in [-0.2, 0) is 4.84 Å². The van der Waals surface area contributed by atoms with Gasteiger partial charge in [0.2, 0.25) is 0 Å². The van der Waals surface area contributed by atoms with Gasteiger partial charge in [0.25, 0.3) is 0 Å². The number of benzene rings is 1. The molecule has 13 heavy (non-hydrogen) atoms. The van der Waals surface area contributed by atoms with E-state index in [1.165, 1.54) is 5.56 Å². The summed E-state index contributed by atoms with van der Waals surface area (Å²) in [6, 6.07) is 6.24.